The van der Waals surface area contributed by atoms with Crippen LogP contribution in [0.4, 0.5) is 0 Å². The number of rotatable bonds is 45. The molecule has 0 N–H and O–H groups in total. The van der Waals surface area contributed by atoms with Gasteiger partial charge < -0.3 is 14.2 Å². The number of hydrogen-bond donors (Lipinski definition) is 0. The maximum Gasteiger partial charge on any atom is 0.306 e. The van der Waals surface area contributed by atoms with Gasteiger partial charge in [0.25, 0.3) is 0 Å². The van der Waals surface area contributed by atoms with E-state index in [4.69, 9.17) is 14.2 Å². The second-order valence-corrected chi connectivity index (χ2v) is 16.7. The van der Waals surface area contributed by atoms with Gasteiger partial charge in [0.1, 0.15) is 13.2 Å². The van der Waals surface area contributed by atoms with Crippen LogP contribution in [0.2, 0.25) is 0 Å². The molecule has 0 radical (unpaired) electrons. The number of carbonyl (C=O) groups excluding carboxylic acids is 3. The van der Waals surface area contributed by atoms with Crippen molar-refractivity contribution >= 4 is 17.9 Å². The third kappa shape index (κ3) is 44.8. The third-order valence-corrected chi connectivity index (χ3v) is 11.0. The van der Waals surface area contributed by atoms with Gasteiger partial charge in [-0.05, 0) is 51.4 Å². The molecule has 0 amide bonds. The van der Waals surface area contributed by atoms with Gasteiger partial charge in [-0.3, -0.25) is 14.4 Å². The minimum absolute atomic E-state index is 0.0713. The summed E-state index contributed by atoms with van der Waals surface area (Å²) in [5.41, 5.74) is 0. The van der Waals surface area contributed by atoms with Crippen LogP contribution in [-0.2, 0) is 28.6 Å². The molecule has 0 spiro atoms. The molecule has 0 aromatic heterocycles. The highest BCUT2D eigenvalue weighted by Crippen LogP contribution is 2.15. The van der Waals surface area contributed by atoms with Crippen LogP contribution in [0.3, 0.4) is 0 Å². The molecule has 0 bridgehead atoms. The molecule has 0 aliphatic rings. The zero-order valence-electron chi connectivity index (χ0n) is 38.1. The van der Waals surface area contributed by atoms with Crippen LogP contribution in [0.15, 0.2) is 24.3 Å². The Hall–Kier alpha value is -2.11. The number of allylic oxidation sites excluding steroid dienone is 4. The maximum atomic E-state index is 12.7. The van der Waals surface area contributed by atoms with Gasteiger partial charge in [0.15, 0.2) is 6.10 Å². The first-order valence-electron chi connectivity index (χ1n) is 24.8. The Bertz CT molecular complexity index is 927. The second kappa shape index (κ2) is 46.6. The van der Waals surface area contributed by atoms with Crippen molar-refractivity contribution in [1.29, 1.82) is 0 Å². The van der Waals surface area contributed by atoms with Crippen LogP contribution < -0.4 is 0 Å². The van der Waals surface area contributed by atoms with Crippen LogP contribution >= 0.6 is 0 Å². The minimum Gasteiger partial charge on any atom is -0.462 e. The molecule has 334 valence electrons. The Kier molecular flexibility index (Phi) is 44.9. The first kappa shape index (κ1) is 54.9. The van der Waals surface area contributed by atoms with Crippen molar-refractivity contribution in [2.75, 3.05) is 13.2 Å². The minimum atomic E-state index is -0.769. The summed E-state index contributed by atoms with van der Waals surface area (Å²) in [5.74, 6) is -0.876. The molecular weight excluding hydrogens is 709 g/mol. The lowest BCUT2D eigenvalue weighted by Gasteiger charge is -2.18. The average molecular weight is 803 g/mol. The standard InChI is InChI=1S/C51H94O6/c1-4-7-10-13-16-19-22-24-25-26-27-30-32-35-38-41-44-50(53)56-47-48(46-55-49(52)43-40-37-34-31-28-21-18-15-12-9-6-3)57-51(54)45-42-39-36-33-29-23-20-17-14-11-8-5-2/h19,22,25-26,48H,4-18,20-21,23-24,27-47H2,1-3H3/b22-19-,26-25-. The van der Waals surface area contributed by atoms with Crippen LogP contribution in [-0.4, -0.2) is 37.2 Å². The van der Waals surface area contributed by atoms with E-state index < -0.39 is 6.10 Å². The van der Waals surface area contributed by atoms with E-state index in [-0.39, 0.29) is 31.1 Å². The lowest BCUT2D eigenvalue weighted by Crippen LogP contribution is -2.30. The number of hydrogen-bond acceptors (Lipinski definition) is 6. The van der Waals surface area contributed by atoms with Crippen molar-refractivity contribution in [2.24, 2.45) is 0 Å². The van der Waals surface area contributed by atoms with E-state index in [1.807, 2.05) is 0 Å². The topological polar surface area (TPSA) is 78.9 Å². The van der Waals surface area contributed by atoms with E-state index in [1.165, 1.54) is 148 Å². The summed E-state index contributed by atoms with van der Waals surface area (Å²) < 4.78 is 16.7. The third-order valence-electron chi connectivity index (χ3n) is 11.0. The van der Waals surface area contributed by atoms with Crippen molar-refractivity contribution in [3.63, 3.8) is 0 Å². The SMILES string of the molecule is CCCCCC/C=C\C/C=C\CCCCCCCC(=O)OCC(COC(=O)CCCCCCCCCCCCC)OC(=O)CCCCCCCCCCCCCC. The Balaban J connectivity index is 4.35. The zero-order valence-corrected chi connectivity index (χ0v) is 38.1. The maximum absolute atomic E-state index is 12.7. The van der Waals surface area contributed by atoms with Gasteiger partial charge in [0.05, 0.1) is 0 Å². The molecule has 57 heavy (non-hydrogen) atoms. The summed E-state index contributed by atoms with van der Waals surface area (Å²) >= 11 is 0. The molecule has 1 unspecified atom stereocenters. The molecule has 0 aliphatic carbocycles. The van der Waals surface area contributed by atoms with E-state index in [1.54, 1.807) is 0 Å². The van der Waals surface area contributed by atoms with Gasteiger partial charge in [-0.2, -0.15) is 0 Å². The summed E-state index contributed by atoms with van der Waals surface area (Å²) in [4.78, 5) is 37.8. The number of unbranched alkanes of at least 4 members (excludes halogenated alkanes) is 30. The highest BCUT2D eigenvalue weighted by molar-refractivity contribution is 5.71. The van der Waals surface area contributed by atoms with E-state index in [2.05, 4.69) is 45.1 Å². The quantitative estimate of drug-likeness (QED) is 0.0264. The second-order valence-electron chi connectivity index (χ2n) is 16.7. The lowest BCUT2D eigenvalue weighted by atomic mass is 10.0. The number of carbonyl (C=O) groups is 3. The Labute approximate surface area is 353 Å². The van der Waals surface area contributed by atoms with E-state index in [9.17, 15) is 14.4 Å². The largest absolute Gasteiger partial charge is 0.462 e. The molecular formula is C51H94O6. The molecule has 0 heterocycles. The highest BCUT2D eigenvalue weighted by Gasteiger charge is 2.19. The Morgan fingerprint density at radius 3 is 0.982 bits per heavy atom. The monoisotopic (exact) mass is 803 g/mol. The predicted molar refractivity (Wildman–Crippen MR) is 243 cm³/mol. The van der Waals surface area contributed by atoms with Gasteiger partial charge in [-0.1, -0.05) is 218 Å². The summed E-state index contributed by atoms with van der Waals surface area (Å²) in [7, 11) is 0. The van der Waals surface area contributed by atoms with Crippen molar-refractivity contribution in [1.82, 2.24) is 0 Å². The van der Waals surface area contributed by atoms with E-state index in [0.717, 1.165) is 77.0 Å². The van der Waals surface area contributed by atoms with Gasteiger partial charge in [-0.15, -0.1) is 0 Å². The van der Waals surface area contributed by atoms with Crippen LogP contribution in [0.5, 0.6) is 0 Å². The first-order chi connectivity index (χ1) is 28.0. The van der Waals surface area contributed by atoms with Crippen LogP contribution in [0.25, 0.3) is 0 Å². The summed E-state index contributed by atoms with van der Waals surface area (Å²) in [5, 5.41) is 0. The summed E-state index contributed by atoms with van der Waals surface area (Å²) in [6.45, 7) is 6.61. The van der Waals surface area contributed by atoms with E-state index >= 15 is 0 Å². The molecule has 6 nitrogen and oxygen atoms in total. The lowest BCUT2D eigenvalue weighted by molar-refractivity contribution is -0.167. The summed E-state index contributed by atoms with van der Waals surface area (Å²) in [6, 6.07) is 0. The molecule has 0 fully saturated rings. The van der Waals surface area contributed by atoms with Gasteiger partial charge >= 0.3 is 17.9 Å². The predicted octanol–water partition coefficient (Wildman–Crippen LogP) is 16.0. The van der Waals surface area contributed by atoms with Gasteiger partial charge in [-0.25, -0.2) is 0 Å². The average Bonchev–Trinajstić information content (AvgIpc) is 3.21. The van der Waals surface area contributed by atoms with Crippen molar-refractivity contribution in [3.8, 4) is 0 Å². The zero-order chi connectivity index (χ0) is 41.5. The first-order valence-corrected chi connectivity index (χ1v) is 24.8. The normalized spacial score (nSPS) is 12.1. The molecule has 6 heteroatoms. The molecule has 0 aromatic carbocycles. The molecule has 1 atom stereocenters. The fraction of sp³-hybridized carbons (Fsp3) is 0.863. The number of ether oxygens (including phenoxy) is 3. The molecule has 0 aromatic rings. The Morgan fingerprint density at radius 1 is 0.351 bits per heavy atom. The fourth-order valence-electron chi connectivity index (χ4n) is 7.18. The van der Waals surface area contributed by atoms with Gasteiger partial charge in [0.2, 0.25) is 0 Å². The van der Waals surface area contributed by atoms with Gasteiger partial charge in [0, 0.05) is 19.3 Å². The molecule has 0 saturated carbocycles. The fourth-order valence-corrected chi connectivity index (χ4v) is 7.18. The molecule has 0 rings (SSSR count). The van der Waals surface area contributed by atoms with E-state index in [0.29, 0.717) is 19.3 Å². The molecule has 0 saturated heterocycles. The van der Waals surface area contributed by atoms with Crippen molar-refractivity contribution in [3.05, 3.63) is 24.3 Å². The smallest absolute Gasteiger partial charge is 0.306 e. The number of esters is 3. The van der Waals surface area contributed by atoms with Crippen LogP contribution in [0.1, 0.15) is 265 Å². The van der Waals surface area contributed by atoms with Crippen LogP contribution in [0, 0.1) is 0 Å². The van der Waals surface area contributed by atoms with Crippen molar-refractivity contribution < 1.29 is 28.6 Å². The Morgan fingerprint density at radius 2 is 0.632 bits per heavy atom. The molecule has 0 aliphatic heterocycles. The summed E-state index contributed by atoms with van der Waals surface area (Å²) in [6.07, 6.45) is 51.5. The van der Waals surface area contributed by atoms with Crippen molar-refractivity contribution in [2.45, 2.75) is 271 Å². The highest BCUT2D eigenvalue weighted by atomic mass is 16.6.